The minimum atomic E-state index is -0.751. The zero-order chi connectivity index (χ0) is 13.4. The number of methoxy groups -OCH3 is 1. The Morgan fingerprint density at radius 1 is 1.59 bits per heavy atom. The van der Waals surface area contributed by atoms with Gasteiger partial charge in [0.05, 0.1) is 18.6 Å². The van der Waals surface area contributed by atoms with Gasteiger partial charge in [-0.05, 0) is 6.42 Å². The number of likely N-dealkylation sites (N-methyl/N-ethyl adjacent to an activating group) is 1. The van der Waals surface area contributed by atoms with Crippen LogP contribution in [0.3, 0.4) is 0 Å². The molecule has 2 atom stereocenters. The van der Waals surface area contributed by atoms with Crippen LogP contribution in [0, 0.1) is 5.92 Å². The number of hydrogen-bond donors (Lipinski definition) is 3. The normalized spacial score (nSPS) is 15.4. The molecule has 0 rings (SSSR count). The Hall–Kier alpha value is -1.34. The molecule has 7 nitrogen and oxygen atoms in total. The zero-order valence-electron chi connectivity index (χ0n) is 10.5. The van der Waals surface area contributed by atoms with Gasteiger partial charge in [-0.25, -0.2) is 0 Å². The lowest BCUT2D eigenvalue weighted by Gasteiger charge is -2.24. The first-order valence-corrected chi connectivity index (χ1v) is 5.37. The number of amides is 1. The van der Waals surface area contributed by atoms with Crippen LogP contribution in [-0.2, 0) is 9.53 Å². The SMILES string of the molecule is CCC(C(=O)N(C)CC(O)COC)C(N)=NO. The first-order valence-electron chi connectivity index (χ1n) is 5.37. The highest BCUT2D eigenvalue weighted by molar-refractivity contribution is 6.01. The van der Waals surface area contributed by atoms with Gasteiger partial charge in [0.1, 0.15) is 0 Å². The van der Waals surface area contributed by atoms with Crippen molar-refractivity contribution >= 4 is 11.7 Å². The zero-order valence-corrected chi connectivity index (χ0v) is 10.5. The summed E-state index contributed by atoms with van der Waals surface area (Å²) in [5, 5.41) is 20.9. The monoisotopic (exact) mass is 247 g/mol. The molecule has 7 heteroatoms. The van der Waals surface area contributed by atoms with Crippen LogP contribution in [0.2, 0.25) is 0 Å². The van der Waals surface area contributed by atoms with Crippen molar-refractivity contribution in [2.75, 3.05) is 27.3 Å². The third-order valence-corrected chi connectivity index (χ3v) is 2.40. The lowest BCUT2D eigenvalue weighted by molar-refractivity contribution is -0.133. The molecular formula is C10H21N3O4. The smallest absolute Gasteiger partial charge is 0.233 e. The van der Waals surface area contributed by atoms with Crippen LogP contribution in [-0.4, -0.2) is 60.4 Å². The van der Waals surface area contributed by atoms with Crippen LogP contribution >= 0.6 is 0 Å². The summed E-state index contributed by atoms with van der Waals surface area (Å²) >= 11 is 0. The Balaban J connectivity index is 4.46. The molecule has 0 bridgehead atoms. The van der Waals surface area contributed by atoms with Gasteiger partial charge in [0.15, 0.2) is 5.84 Å². The predicted molar refractivity (Wildman–Crippen MR) is 62.7 cm³/mol. The van der Waals surface area contributed by atoms with Gasteiger partial charge in [-0.3, -0.25) is 4.79 Å². The summed E-state index contributed by atoms with van der Waals surface area (Å²) in [5.74, 6) is -1.08. The van der Waals surface area contributed by atoms with Crippen molar-refractivity contribution in [1.29, 1.82) is 0 Å². The molecule has 0 aliphatic rings. The quantitative estimate of drug-likeness (QED) is 0.237. The Labute approximate surface area is 101 Å². The van der Waals surface area contributed by atoms with Gasteiger partial charge in [-0.2, -0.15) is 0 Å². The summed E-state index contributed by atoms with van der Waals surface area (Å²) in [6, 6.07) is 0. The topological polar surface area (TPSA) is 108 Å². The van der Waals surface area contributed by atoms with E-state index in [0.717, 1.165) is 0 Å². The highest BCUT2D eigenvalue weighted by Crippen LogP contribution is 2.07. The molecule has 2 unspecified atom stereocenters. The number of hydrogen-bond acceptors (Lipinski definition) is 5. The van der Waals surface area contributed by atoms with Gasteiger partial charge in [-0.1, -0.05) is 12.1 Å². The number of oxime groups is 1. The summed E-state index contributed by atoms with van der Waals surface area (Å²) in [4.78, 5) is 13.3. The molecule has 17 heavy (non-hydrogen) atoms. The fourth-order valence-electron chi connectivity index (χ4n) is 1.50. The van der Waals surface area contributed by atoms with Crippen molar-refractivity contribution in [3.63, 3.8) is 0 Å². The molecular weight excluding hydrogens is 226 g/mol. The van der Waals surface area contributed by atoms with E-state index in [-0.39, 0.29) is 24.9 Å². The van der Waals surface area contributed by atoms with E-state index >= 15 is 0 Å². The minimum absolute atomic E-state index is 0.120. The van der Waals surface area contributed by atoms with E-state index < -0.39 is 12.0 Å². The summed E-state index contributed by atoms with van der Waals surface area (Å²) < 4.78 is 4.76. The predicted octanol–water partition coefficient (Wildman–Crippen LogP) is -0.775. The molecule has 0 saturated heterocycles. The van der Waals surface area contributed by atoms with Gasteiger partial charge in [0, 0.05) is 20.7 Å². The summed E-state index contributed by atoms with van der Waals surface area (Å²) in [6.45, 7) is 2.06. The van der Waals surface area contributed by atoms with E-state index in [0.29, 0.717) is 6.42 Å². The number of carbonyl (C=O) groups is 1. The highest BCUT2D eigenvalue weighted by Gasteiger charge is 2.25. The summed E-state index contributed by atoms with van der Waals surface area (Å²) in [7, 11) is 3.02. The van der Waals surface area contributed by atoms with Crippen molar-refractivity contribution in [2.45, 2.75) is 19.4 Å². The molecule has 0 aliphatic heterocycles. The van der Waals surface area contributed by atoms with E-state index in [4.69, 9.17) is 15.7 Å². The highest BCUT2D eigenvalue weighted by atomic mass is 16.5. The third-order valence-electron chi connectivity index (χ3n) is 2.40. The van der Waals surface area contributed by atoms with Crippen LogP contribution in [0.25, 0.3) is 0 Å². The van der Waals surface area contributed by atoms with Crippen LogP contribution in [0.15, 0.2) is 5.16 Å². The number of amidine groups is 1. The molecule has 0 aromatic heterocycles. The molecule has 0 saturated carbocycles. The number of aliphatic hydroxyl groups excluding tert-OH is 1. The van der Waals surface area contributed by atoms with Crippen LogP contribution in [0.1, 0.15) is 13.3 Å². The second-order valence-corrected chi connectivity index (χ2v) is 3.81. The number of rotatable bonds is 7. The Morgan fingerprint density at radius 3 is 2.59 bits per heavy atom. The van der Waals surface area contributed by atoms with Crippen molar-refractivity contribution in [3.8, 4) is 0 Å². The first kappa shape index (κ1) is 15.7. The standard InChI is InChI=1S/C10H21N3O4/c1-4-8(9(11)12-16)10(15)13(2)5-7(14)6-17-3/h7-8,14,16H,4-6H2,1-3H3,(H2,11,12). The third kappa shape index (κ3) is 5.01. The van der Waals surface area contributed by atoms with Gasteiger partial charge >= 0.3 is 0 Å². The Morgan fingerprint density at radius 2 is 2.18 bits per heavy atom. The molecule has 100 valence electrons. The average molecular weight is 247 g/mol. The maximum Gasteiger partial charge on any atom is 0.233 e. The molecule has 0 fully saturated rings. The molecule has 0 aromatic carbocycles. The second-order valence-electron chi connectivity index (χ2n) is 3.81. The van der Waals surface area contributed by atoms with Crippen LogP contribution < -0.4 is 5.73 Å². The lowest BCUT2D eigenvalue weighted by Crippen LogP contribution is -2.43. The van der Waals surface area contributed by atoms with Gasteiger partial charge in [0.25, 0.3) is 0 Å². The lowest BCUT2D eigenvalue weighted by atomic mass is 10.0. The molecule has 0 spiro atoms. The minimum Gasteiger partial charge on any atom is -0.409 e. The molecule has 0 heterocycles. The van der Waals surface area contributed by atoms with Crippen molar-refractivity contribution in [3.05, 3.63) is 0 Å². The Bertz CT molecular complexity index is 270. The number of nitrogens with zero attached hydrogens (tertiary/aromatic N) is 2. The number of carbonyl (C=O) groups excluding carboxylic acids is 1. The molecule has 1 amide bonds. The van der Waals surface area contributed by atoms with Gasteiger partial charge in [0.2, 0.25) is 5.91 Å². The van der Waals surface area contributed by atoms with Crippen molar-refractivity contribution in [1.82, 2.24) is 4.90 Å². The molecule has 0 aromatic rings. The maximum absolute atomic E-state index is 11.9. The van der Waals surface area contributed by atoms with E-state index in [2.05, 4.69) is 5.16 Å². The average Bonchev–Trinajstić information content (AvgIpc) is 2.29. The van der Waals surface area contributed by atoms with Crippen molar-refractivity contribution < 1.29 is 19.8 Å². The van der Waals surface area contributed by atoms with Gasteiger partial charge < -0.3 is 25.7 Å². The molecule has 0 aliphatic carbocycles. The number of aliphatic hydroxyl groups is 1. The Kier molecular flexibility index (Phi) is 7.24. The van der Waals surface area contributed by atoms with Gasteiger partial charge in [-0.15, -0.1) is 0 Å². The van der Waals surface area contributed by atoms with E-state index in [1.54, 1.807) is 14.0 Å². The second kappa shape index (κ2) is 7.86. The van der Waals surface area contributed by atoms with E-state index in [9.17, 15) is 9.90 Å². The summed E-state index contributed by atoms with van der Waals surface area (Å²) in [6.07, 6.45) is -0.321. The number of nitrogens with two attached hydrogens (primary N) is 1. The first-order chi connectivity index (χ1) is 7.97. The number of ether oxygens (including phenoxy) is 1. The van der Waals surface area contributed by atoms with Crippen LogP contribution in [0.5, 0.6) is 0 Å². The molecule has 0 radical (unpaired) electrons. The maximum atomic E-state index is 11.9. The van der Waals surface area contributed by atoms with Crippen LogP contribution in [0.4, 0.5) is 0 Å². The fourth-order valence-corrected chi connectivity index (χ4v) is 1.50. The fraction of sp³-hybridized carbons (Fsp3) is 0.800. The molecule has 4 N–H and O–H groups in total. The van der Waals surface area contributed by atoms with E-state index in [1.165, 1.54) is 12.0 Å². The summed E-state index contributed by atoms with van der Waals surface area (Å²) in [5.41, 5.74) is 5.42. The van der Waals surface area contributed by atoms with E-state index in [1.807, 2.05) is 0 Å². The van der Waals surface area contributed by atoms with Crippen molar-refractivity contribution in [2.24, 2.45) is 16.8 Å². The largest absolute Gasteiger partial charge is 0.409 e.